The number of aliphatic hydroxyl groups is 2. The largest absolute Gasteiger partial charge is 0.387 e. The molecule has 2 N–H and O–H groups in total. The van der Waals surface area contributed by atoms with Crippen LogP contribution in [0, 0.1) is 6.92 Å². The van der Waals surface area contributed by atoms with Gasteiger partial charge in [-0.05, 0) is 49.6 Å². The summed E-state index contributed by atoms with van der Waals surface area (Å²) >= 11 is 0. The van der Waals surface area contributed by atoms with Crippen LogP contribution in [0.3, 0.4) is 0 Å². The number of fused-ring (bicyclic) bond motifs is 1. The SMILES string of the molecule is Cc1cccc2cccc(CC(C)(O)C(C)(C)O)c12. The summed E-state index contributed by atoms with van der Waals surface area (Å²) < 4.78 is 0. The highest BCUT2D eigenvalue weighted by molar-refractivity contribution is 5.88. The van der Waals surface area contributed by atoms with Gasteiger partial charge in [0, 0.05) is 6.42 Å². The first-order chi connectivity index (χ1) is 8.72. The van der Waals surface area contributed by atoms with Gasteiger partial charge in [0.05, 0.1) is 11.2 Å². The third kappa shape index (κ3) is 2.65. The summed E-state index contributed by atoms with van der Waals surface area (Å²) in [5, 5.41) is 22.9. The predicted molar refractivity (Wildman–Crippen MR) is 79.3 cm³/mol. The number of hydrogen-bond acceptors (Lipinski definition) is 2. The molecule has 0 saturated carbocycles. The topological polar surface area (TPSA) is 40.5 Å². The summed E-state index contributed by atoms with van der Waals surface area (Å²) in [6.07, 6.45) is 0.429. The van der Waals surface area contributed by atoms with Crippen LogP contribution in [0.4, 0.5) is 0 Å². The number of benzene rings is 2. The van der Waals surface area contributed by atoms with Crippen LogP contribution in [0.2, 0.25) is 0 Å². The zero-order valence-electron chi connectivity index (χ0n) is 12.1. The normalized spacial score (nSPS) is 15.5. The maximum absolute atomic E-state index is 10.5. The molecule has 0 aliphatic rings. The van der Waals surface area contributed by atoms with Crippen molar-refractivity contribution in [1.82, 2.24) is 0 Å². The van der Waals surface area contributed by atoms with Gasteiger partial charge in [-0.1, -0.05) is 36.4 Å². The number of hydrogen-bond donors (Lipinski definition) is 2. The van der Waals surface area contributed by atoms with Crippen molar-refractivity contribution in [1.29, 1.82) is 0 Å². The second-order valence-corrected chi connectivity index (χ2v) is 6.10. The van der Waals surface area contributed by atoms with E-state index in [-0.39, 0.29) is 0 Å². The summed E-state index contributed by atoms with van der Waals surface area (Å²) in [6, 6.07) is 12.3. The van der Waals surface area contributed by atoms with E-state index < -0.39 is 11.2 Å². The van der Waals surface area contributed by atoms with E-state index in [0.717, 1.165) is 5.56 Å². The van der Waals surface area contributed by atoms with Crippen LogP contribution in [0.25, 0.3) is 10.8 Å². The lowest BCUT2D eigenvalue weighted by Gasteiger charge is -2.36. The maximum Gasteiger partial charge on any atom is 0.0940 e. The second kappa shape index (κ2) is 4.62. The molecule has 0 aromatic heterocycles. The zero-order chi connectivity index (χ0) is 14.3. The third-order valence-corrected chi connectivity index (χ3v) is 4.05. The minimum absolute atomic E-state index is 0.429. The van der Waals surface area contributed by atoms with Gasteiger partial charge in [-0.15, -0.1) is 0 Å². The zero-order valence-corrected chi connectivity index (χ0v) is 12.1. The molecule has 0 aliphatic heterocycles. The van der Waals surface area contributed by atoms with Gasteiger partial charge in [-0.2, -0.15) is 0 Å². The van der Waals surface area contributed by atoms with Crippen molar-refractivity contribution in [3.8, 4) is 0 Å². The van der Waals surface area contributed by atoms with Gasteiger partial charge in [-0.3, -0.25) is 0 Å². The molecule has 0 aliphatic carbocycles. The van der Waals surface area contributed by atoms with E-state index in [9.17, 15) is 10.2 Å². The van der Waals surface area contributed by atoms with Gasteiger partial charge in [0.25, 0.3) is 0 Å². The van der Waals surface area contributed by atoms with Crippen molar-refractivity contribution in [2.24, 2.45) is 0 Å². The molecule has 0 spiro atoms. The van der Waals surface area contributed by atoms with E-state index in [1.165, 1.54) is 16.3 Å². The minimum atomic E-state index is -1.16. The molecule has 2 nitrogen and oxygen atoms in total. The van der Waals surface area contributed by atoms with Crippen molar-refractivity contribution < 1.29 is 10.2 Å². The van der Waals surface area contributed by atoms with E-state index in [1.807, 2.05) is 18.2 Å². The van der Waals surface area contributed by atoms with Gasteiger partial charge in [-0.25, -0.2) is 0 Å². The van der Waals surface area contributed by atoms with Crippen LogP contribution < -0.4 is 0 Å². The lowest BCUT2D eigenvalue weighted by molar-refractivity contribution is -0.118. The Bertz CT molecular complexity index is 586. The van der Waals surface area contributed by atoms with Crippen LogP contribution in [0.5, 0.6) is 0 Å². The first kappa shape index (κ1) is 14.0. The Morgan fingerprint density at radius 3 is 2.11 bits per heavy atom. The Morgan fingerprint density at radius 1 is 0.947 bits per heavy atom. The monoisotopic (exact) mass is 258 g/mol. The van der Waals surface area contributed by atoms with Crippen molar-refractivity contribution in [3.63, 3.8) is 0 Å². The summed E-state index contributed by atoms with van der Waals surface area (Å²) in [5.41, 5.74) is -0.0381. The molecule has 0 fully saturated rings. The molecule has 0 bridgehead atoms. The molecule has 102 valence electrons. The van der Waals surface area contributed by atoms with Crippen molar-refractivity contribution in [3.05, 3.63) is 47.5 Å². The van der Waals surface area contributed by atoms with E-state index in [1.54, 1.807) is 20.8 Å². The molecule has 19 heavy (non-hydrogen) atoms. The van der Waals surface area contributed by atoms with E-state index in [4.69, 9.17) is 0 Å². The third-order valence-electron chi connectivity index (χ3n) is 4.05. The van der Waals surface area contributed by atoms with E-state index in [2.05, 4.69) is 25.1 Å². The van der Waals surface area contributed by atoms with Crippen LogP contribution in [0.15, 0.2) is 36.4 Å². The second-order valence-electron chi connectivity index (χ2n) is 6.10. The summed E-state index contributed by atoms with van der Waals surface area (Å²) in [6.45, 7) is 7.05. The highest BCUT2D eigenvalue weighted by Crippen LogP contribution is 2.30. The molecule has 1 unspecified atom stereocenters. The molecule has 2 rings (SSSR count). The van der Waals surface area contributed by atoms with Gasteiger partial charge < -0.3 is 10.2 Å². The average Bonchev–Trinajstić information content (AvgIpc) is 2.27. The highest BCUT2D eigenvalue weighted by Gasteiger charge is 2.37. The Labute approximate surface area is 114 Å². The smallest absolute Gasteiger partial charge is 0.0940 e. The Balaban J connectivity index is 2.53. The molecular formula is C17H22O2. The average molecular weight is 258 g/mol. The lowest BCUT2D eigenvalue weighted by Crippen LogP contribution is -2.49. The van der Waals surface area contributed by atoms with Gasteiger partial charge >= 0.3 is 0 Å². The maximum atomic E-state index is 10.5. The van der Waals surface area contributed by atoms with Gasteiger partial charge in [0.15, 0.2) is 0 Å². The molecule has 1 atom stereocenters. The van der Waals surface area contributed by atoms with Gasteiger partial charge in [0.2, 0.25) is 0 Å². The molecule has 0 amide bonds. The van der Waals surface area contributed by atoms with Crippen LogP contribution >= 0.6 is 0 Å². The predicted octanol–water partition coefficient (Wildman–Crippen LogP) is 3.21. The van der Waals surface area contributed by atoms with Crippen molar-refractivity contribution in [2.75, 3.05) is 0 Å². The standard InChI is InChI=1S/C17H22O2/c1-12-7-5-8-13-9-6-10-14(15(12)13)11-17(4,19)16(2,3)18/h5-10,18-19H,11H2,1-4H3. The number of rotatable bonds is 3. The summed E-state index contributed by atoms with van der Waals surface area (Å²) in [7, 11) is 0. The Morgan fingerprint density at radius 2 is 1.53 bits per heavy atom. The minimum Gasteiger partial charge on any atom is -0.387 e. The van der Waals surface area contributed by atoms with Crippen LogP contribution in [0.1, 0.15) is 31.9 Å². The fourth-order valence-electron chi connectivity index (χ4n) is 2.35. The first-order valence-electron chi connectivity index (χ1n) is 6.64. The van der Waals surface area contributed by atoms with E-state index in [0.29, 0.717) is 6.42 Å². The molecule has 0 saturated heterocycles. The molecule has 2 heteroatoms. The van der Waals surface area contributed by atoms with Crippen molar-refractivity contribution in [2.45, 2.75) is 45.3 Å². The number of aryl methyl sites for hydroxylation is 1. The van der Waals surface area contributed by atoms with Crippen molar-refractivity contribution >= 4 is 10.8 Å². The quantitative estimate of drug-likeness (QED) is 0.887. The van der Waals surface area contributed by atoms with Gasteiger partial charge in [0.1, 0.15) is 0 Å². The molecule has 2 aromatic carbocycles. The van der Waals surface area contributed by atoms with Crippen LogP contribution in [-0.4, -0.2) is 21.4 Å². The molecule has 2 aromatic rings. The Hall–Kier alpha value is -1.38. The van der Waals surface area contributed by atoms with Crippen LogP contribution in [-0.2, 0) is 6.42 Å². The first-order valence-corrected chi connectivity index (χ1v) is 6.64. The molecule has 0 radical (unpaired) electrons. The summed E-state index contributed by atoms with van der Waals surface area (Å²) in [4.78, 5) is 0. The fourth-order valence-corrected chi connectivity index (χ4v) is 2.35. The van der Waals surface area contributed by atoms with E-state index >= 15 is 0 Å². The lowest BCUT2D eigenvalue weighted by atomic mass is 9.81. The molecular weight excluding hydrogens is 236 g/mol. The summed E-state index contributed by atoms with van der Waals surface area (Å²) in [5.74, 6) is 0. The fraction of sp³-hybridized carbons (Fsp3) is 0.412. The highest BCUT2D eigenvalue weighted by atomic mass is 16.3. The molecule has 0 heterocycles. The Kier molecular flexibility index (Phi) is 3.41.